The Morgan fingerprint density at radius 2 is 2.06 bits per heavy atom. The molecule has 8 heteroatoms. The minimum Gasteiger partial charge on any atom is -0.423 e. The van der Waals surface area contributed by atoms with Crippen molar-refractivity contribution in [2.75, 3.05) is 5.75 Å². The number of nitrogens with zero attached hydrogens (tertiary/aromatic N) is 1. The fourth-order valence-electron chi connectivity index (χ4n) is 1.07. The van der Waals surface area contributed by atoms with Crippen LogP contribution in [0, 0.1) is 0 Å². The van der Waals surface area contributed by atoms with Gasteiger partial charge in [-0.15, -0.1) is 11.8 Å². The third kappa shape index (κ3) is 3.13. The highest BCUT2D eigenvalue weighted by atomic mass is 32.2. The van der Waals surface area contributed by atoms with Crippen molar-refractivity contribution in [3.8, 4) is 0 Å². The summed E-state index contributed by atoms with van der Waals surface area (Å²) in [7, 11) is -1.95. The van der Waals surface area contributed by atoms with Gasteiger partial charge in [-0.3, -0.25) is 0 Å². The summed E-state index contributed by atoms with van der Waals surface area (Å²) in [4.78, 5) is 3.58. The number of alkyl halides is 3. The maximum absolute atomic E-state index is 12.3. The van der Waals surface area contributed by atoms with E-state index in [2.05, 4.69) is 4.98 Å². The molecule has 0 amide bonds. The predicted molar refractivity (Wildman–Crippen MR) is 55.5 cm³/mol. The van der Waals surface area contributed by atoms with E-state index in [0.29, 0.717) is 18.0 Å². The van der Waals surface area contributed by atoms with Gasteiger partial charge in [0.2, 0.25) is 0 Å². The van der Waals surface area contributed by atoms with Crippen LogP contribution >= 0.6 is 11.8 Å². The number of rotatable bonds is 3. The number of aromatic nitrogens is 1. The van der Waals surface area contributed by atoms with Gasteiger partial charge < -0.3 is 10.0 Å². The first-order valence-electron chi connectivity index (χ1n) is 4.42. The summed E-state index contributed by atoms with van der Waals surface area (Å²) in [6, 6.07) is 0.704. The molecule has 3 nitrogen and oxygen atoms in total. The Bertz CT molecular complexity index is 373. The summed E-state index contributed by atoms with van der Waals surface area (Å²) in [6.07, 6.45) is -3.85. The molecule has 88 valence electrons. The molecule has 0 aliphatic carbocycles. The molecule has 0 unspecified atom stereocenters. The minimum atomic E-state index is -4.54. The van der Waals surface area contributed by atoms with Gasteiger partial charge in [-0.1, -0.05) is 6.92 Å². The molecular weight excluding hydrogens is 242 g/mol. The molecule has 0 aromatic carbocycles. The molecule has 0 bridgehead atoms. The van der Waals surface area contributed by atoms with E-state index in [1.807, 2.05) is 0 Å². The first-order chi connectivity index (χ1) is 7.36. The van der Waals surface area contributed by atoms with Crippen molar-refractivity contribution in [1.29, 1.82) is 0 Å². The fourth-order valence-corrected chi connectivity index (χ4v) is 1.80. The van der Waals surface area contributed by atoms with Gasteiger partial charge in [0, 0.05) is 11.7 Å². The first kappa shape index (κ1) is 13.3. The molecule has 0 spiro atoms. The van der Waals surface area contributed by atoms with E-state index in [1.165, 1.54) is 0 Å². The summed E-state index contributed by atoms with van der Waals surface area (Å²) < 4.78 is 37.0. The zero-order chi connectivity index (χ0) is 12.3. The molecule has 1 rings (SSSR count). The SMILES string of the molecule is CCSc1ncc(C(F)(F)F)cc1B(O)O. The Balaban J connectivity index is 3.17. The van der Waals surface area contributed by atoms with Crippen LogP contribution in [-0.4, -0.2) is 27.9 Å². The van der Waals surface area contributed by atoms with Crippen molar-refractivity contribution >= 4 is 24.3 Å². The monoisotopic (exact) mass is 251 g/mol. The molecule has 1 heterocycles. The zero-order valence-corrected chi connectivity index (χ0v) is 9.14. The van der Waals surface area contributed by atoms with E-state index in [4.69, 9.17) is 10.0 Å². The topological polar surface area (TPSA) is 53.4 Å². The van der Waals surface area contributed by atoms with Gasteiger partial charge in [0.05, 0.1) is 10.6 Å². The summed E-state index contributed by atoms with van der Waals surface area (Å²) in [5.41, 5.74) is -1.21. The number of hydrogen-bond donors (Lipinski definition) is 2. The Labute approximate surface area is 94.8 Å². The van der Waals surface area contributed by atoms with Crippen molar-refractivity contribution in [3.63, 3.8) is 0 Å². The Morgan fingerprint density at radius 1 is 1.44 bits per heavy atom. The quantitative estimate of drug-likeness (QED) is 0.618. The van der Waals surface area contributed by atoms with E-state index in [0.717, 1.165) is 11.8 Å². The van der Waals surface area contributed by atoms with E-state index < -0.39 is 18.9 Å². The van der Waals surface area contributed by atoms with Gasteiger partial charge in [-0.25, -0.2) is 4.98 Å². The standard InChI is InChI=1S/C8H9BF3NO2S/c1-2-16-7-6(9(14)15)3-5(4-13-7)8(10,11)12/h3-4,14-15H,2H2,1H3. The van der Waals surface area contributed by atoms with Crippen molar-refractivity contribution < 1.29 is 23.2 Å². The predicted octanol–water partition coefficient (Wildman–Crippen LogP) is 0.892. The zero-order valence-electron chi connectivity index (χ0n) is 8.32. The minimum absolute atomic E-state index is 0.200. The average Bonchev–Trinajstić information content (AvgIpc) is 2.16. The van der Waals surface area contributed by atoms with E-state index in [9.17, 15) is 13.2 Å². The molecule has 0 atom stereocenters. The molecular formula is C8H9BF3NO2S. The summed E-state index contributed by atoms with van der Waals surface area (Å²) in [5.74, 6) is 0.581. The Kier molecular flexibility index (Phi) is 4.23. The van der Waals surface area contributed by atoms with Crippen molar-refractivity contribution in [2.24, 2.45) is 0 Å². The molecule has 0 saturated heterocycles. The van der Waals surface area contributed by atoms with Crippen LogP contribution in [0.25, 0.3) is 0 Å². The molecule has 0 radical (unpaired) electrons. The Hall–Kier alpha value is -0.725. The van der Waals surface area contributed by atoms with Crippen LogP contribution in [-0.2, 0) is 6.18 Å². The fraction of sp³-hybridized carbons (Fsp3) is 0.375. The Morgan fingerprint density at radius 3 is 2.50 bits per heavy atom. The molecule has 0 saturated carbocycles. The van der Waals surface area contributed by atoms with Crippen LogP contribution < -0.4 is 5.46 Å². The molecule has 1 aromatic rings. The molecule has 0 aliphatic rings. The van der Waals surface area contributed by atoms with E-state index in [-0.39, 0.29) is 10.5 Å². The maximum atomic E-state index is 12.3. The summed E-state index contributed by atoms with van der Waals surface area (Å²) in [5, 5.41) is 18.1. The third-order valence-corrected chi connectivity index (χ3v) is 2.67. The first-order valence-corrected chi connectivity index (χ1v) is 5.41. The van der Waals surface area contributed by atoms with Crippen LogP contribution in [0.2, 0.25) is 0 Å². The number of hydrogen-bond acceptors (Lipinski definition) is 4. The van der Waals surface area contributed by atoms with Crippen molar-refractivity contribution in [3.05, 3.63) is 17.8 Å². The molecule has 2 N–H and O–H groups in total. The molecule has 16 heavy (non-hydrogen) atoms. The van der Waals surface area contributed by atoms with Crippen LogP contribution in [0.4, 0.5) is 13.2 Å². The van der Waals surface area contributed by atoms with E-state index in [1.54, 1.807) is 6.92 Å². The second kappa shape index (κ2) is 5.07. The lowest BCUT2D eigenvalue weighted by Gasteiger charge is -2.11. The van der Waals surface area contributed by atoms with Crippen molar-refractivity contribution in [2.45, 2.75) is 18.1 Å². The highest BCUT2D eigenvalue weighted by molar-refractivity contribution is 7.99. The highest BCUT2D eigenvalue weighted by Crippen LogP contribution is 2.28. The van der Waals surface area contributed by atoms with Gasteiger partial charge in [0.15, 0.2) is 0 Å². The van der Waals surface area contributed by atoms with E-state index >= 15 is 0 Å². The average molecular weight is 251 g/mol. The highest BCUT2D eigenvalue weighted by Gasteiger charge is 2.33. The van der Waals surface area contributed by atoms with Gasteiger partial charge in [-0.2, -0.15) is 13.2 Å². The summed E-state index contributed by atoms with van der Waals surface area (Å²) >= 11 is 1.15. The van der Waals surface area contributed by atoms with Crippen LogP contribution in [0.5, 0.6) is 0 Å². The normalized spacial score (nSPS) is 11.6. The molecule has 1 aromatic heterocycles. The largest absolute Gasteiger partial charge is 0.491 e. The van der Waals surface area contributed by atoms with Gasteiger partial charge >= 0.3 is 13.3 Å². The smallest absolute Gasteiger partial charge is 0.423 e. The third-order valence-electron chi connectivity index (χ3n) is 1.77. The second-order valence-electron chi connectivity index (χ2n) is 2.92. The number of halogens is 3. The lowest BCUT2D eigenvalue weighted by atomic mass is 9.81. The number of pyridine rings is 1. The van der Waals surface area contributed by atoms with Gasteiger partial charge in [0.25, 0.3) is 0 Å². The van der Waals surface area contributed by atoms with Crippen LogP contribution in [0.15, 0.2) is 17.3 Å². The van der Waals surface area contributed by atoms with Gasteiger partial charge in [0.1, 0.15) is 0 Å². The van der Waals surface area contributed by atoms with Crippen LogP contribution in [0.3, 0.4) is 0 Å². The lowest BCUT2D eigenvalue weighted by Crippen LogP contribution is -2.33. The maximum Gasteiger partial charge on any atom is 0.491 e. The van der Waals surface area contributed by atoms with Crippen molar-refractivity contribution in [1.82, 2.24) is 4.98 Å². The van der Waals surface area contributed by atoms with Crippen LogP contribution in [0.1, 0.15) is 12.5 Å². The van der Waals surface area contributed by atoms with Gasteiger partial charge in [-0.05, 0) is 11.8 Å². The molecule has 0 fully saturated rings. The summed E-state index contributed by atoms with van der Waals surface area (Å²) in [6.45, 7) is 1.79. The molecule has 0 aliphatic heterocycles. The number of thioether (sulfide) groups is 1. The lowest BCUT2D eigenvalue weighted by molar-refractivity contribution is -0.137. The second-order valence-corrected chi connectivity index (χ2v) is 4.18.